The smallest absolute Gasteiger partial charge is 0.223 e. The van der Waals surface area contributed by atoms with Gasteiger partial charge in [0.1, 0.15) is 0 Å². The lowest BCUT2D eigenvalue weighted by atomic mass is 9.96. The molecule has 0 aromatic heterocycles. The molecule has 1 N–H and O–H groups in total. The van der Waals surface area contributed by atoms with E-state index in [-0.39, 0.29) is 11.8 Å². The fourth-order valence-electron chi connectivity index (χ4n) is 2.03. The van der Waals surface area contributed by atoms with E-state index in [1.54, 1.807) is 0 Å². The highest BCUT2D eigenvalue weighted by Crippen LogP contribution is 2.31. The molecular formula is C11H19Cl2NO. The topological polar surface area (TPSA) is 29.1 Å². The van der Waals surface area contributed by atoms with Gasteiger partial charge in [-0.2, -0.15) is 0 Å². The summed E-state index contributed by atoms with van der Waals surface area (Å²) in [5, 5.41) is 2.96. The van der Waals surface area contributed by atoms with E-state index in [4.69, 9.17) is 23.2 Å². The first-order valence-corrected chi connectivity index (χ1v) is 6.53. The third-order valence-corrected chi connectivity index (χ3v) is 4.39. The van der Waals surface area contributed by atoms with Crippen LogP contribution in [-0.2, 0) is 4.79 Å². The molecule has 0 spiro atoms. The van der Waals surface area contributed by atoms with Crippen molar-refractivity contribution < 1.29 is 4.79 Å². The zero-order valence-electron chi connectivity index (χ0n) is 9.35. The quantitative estimate of drug-likeness (QED) is 0.766. The largest absolute Gasteiger partial charge is 0.348 e. The van der Waals surface area contributed by atoms with Gasteiger partial charge >= 0.3 is 0 Å². The fraction of sp³-hybridized carbons (Fsp3) is 0.909. The number of nitrogens with one attached hydrogen (secondary N) is 1. The molecule has 2 unspecified atom stereocenters. The van der Waals surface area contributed by atoms with Gasteiger partial charge in [-0.25, -0.2) is 0 Å². The molecule has 1 amide bonds. The van der Waals surface area contributed by atoms with Crippen LogP contribution in [0.3, 0.4) is 0 Å². The van der Waals surface area contributed by atoms with Crippen molar-refractivity contribution in [3.05, 3.63) is 0 Å². The van der Waals surface area contributed by atoms with Gasteiger partial charge in [0.2, 0.25) is 5.91 Å². The molecule has 1 aliphatic rings. The number of amides is 1. The molecule has 0 heterocycles. The van der Waals surface area contributed by atoms with Gasteiger partial charge in [-0.05, 0) is 25.7 Å². The van der Waals surface area contributed by atoms with E-state index < -0.39 is 5.54 Å². The zero-order valence-corrected chi connectivity index (χ0v) is 10.9. The molecule has 88 valence electrons. The minimum absolute atomic E-state index is 0.115. The van der Waals surface area contributed by atoms with Crippen molar-refractivity contribution in [2.75, 3.05) is 11.8 Å². The number of hydrogen-bond acceptors (Lipinski definition) is 1. The van der Waals surface area contributed by atoms with Crippen molar-refractivity contribution in [1.82, 2.24) is 5.32 Å². The van der Waals surface area contributed by atoms with E-state index in [0.717, 1.165) is 19.3 Å². The normalized spacial score (nSPS) is 26.7. The van der Waals surface area contributed by atoms with Crippen molar-refractivity contribution >= 4 is 29.1 Å². The van der Waals surface area contributed by atoms with E-state index in [0.29, 0.717) is 17.7 Å². The molecule has 2 nitrogen and oxygen atoms in total. The Morgan fingerprint density at radius 3 is 2.40 bits per heavy atom. The van der Waals surface area contributed by atoms with Crippen LogP contribution >= 0.6 is 23.2 Å². The first-order valence-electron chi connectivity index (χ1n) is 5.46. The number of hydrogen-bond donors (Lipinski definition) is 1. The molecule has 0 saturated heterocycles. The van der Waals surface area contributed by atoms with Crippen molar-refractivity contribution in [2.45, 2.75) is 38.6 Å². The minimum atomic E-state index is -0.470. The van der Waals surface area contributed by atoms with Crippen LogP contribution in [0.5, 0.6) is 0 Å². The lowest BCUT2D eigenvalue weighted by Gasteiger charge is -2.28. The second-order valence-electron chi connectivity index (χ2n) is 4.83. The van der Waals surface area contributed by atoms with Gasteiger partial charge in [0.05, 0.1) is 5.54 Å². The molecule has 1 aliphatic carbocycles. The molecule has 1 fully saturated rings. The Morgan fingerprint density at radius 2 is 2.00 bits per heavy atom. The monoisotopic (exact) mass is 251 g/mol. The van der Waals surface area contributed by atoms with Crippen LogP contribution in [0, 0.1) is 11.8 Å². The van der Waals surface area contributed by atoms with Crippen LogP contribution in [0.25, 0.3) is 0 Å². The van der Waals surface area contributed by atoms with Gasteiger partial charge in [-0.3, -0.25) is 4.79 Å². The Morgan fingerprint density at radius 1 is 1.40 bits per heavy atom. The van der Waals surface area contributed by atoms with Crippen molar-refractivity contribution in [2.24, 2.45) is 11.8 Å². The van der Waals surface area contributed by atoms with Gasteiger partial charge < -0.3 is 5.32 Å². The Kier molecular flexibility index (Phi) is 4.72. The number of halogens is 2. The molecule has 4 heteroatoms. The summed E-state index contributed by atoms with van der Waals surface area (Å²) in [7, 11) is 0. The summed E-state index contributed by atoms with van der Waals surface area (Å²) in [6.45, 7) is 4.01. The molecule has 15 heavy (non-hydrogen) atoms. The van der Waals surface area contributed by atoms with Crippen LogP contribution < -0.4 is 5.32 Å². The van der Waals surface area contributed by atoms with E-state index in [2.05, 4.69) is 12.2 Å². The molecule has 0 aromatic rings. The predicted molar refractivity (Wildman–Crippen MR) is 64.5 cm³/mol. The first kappa shape index (κ1) is 13.1. The SMILES string of the molecule is CC1CCCC1C(=O)NC(C)(CCl)CCl. The summed E-state index contributed by atoms with van der Waals surface area (Å²) >= 11 is 11.6. The summed E-state index contributed by atoms with van der Waals surface area (Å²) in [4.78, 5) is 12.0. The summed E-state index contributed by atoms with van der Waals surface area (Å²) in [5.74, 6) is 1.45. The maximum atomic E-state index is 12.0. The van der Waals surface area contributed by atoms with Crippen molar-refractivity contribution in [1.29, 1.82) is 0 Å². The Labute approximate surface area is 102 Å². The molecule has 0 aliphatic heterocycles. The molecule has 0 aromatic carbocycles. The fourth-order valence-corrected chi connectivity index (χ4v) is 2.45. The lowest BCUT2D eigenvalue weighted by molar-refractivity contribution is -0.127. The third-order valence-electron chi connectivity index (χ3n) is 3.21. The summed E-state index contributed by atoms with van der Waals surface area (Å²) in [6, 6.07) is 0. The molecule has 1 saturated carbocycles. The van der Waals surface area contributed by atoms with Crippen molar-refractivity contribution in [3.63, 3.8) is 0 Å². The molecule has 1 rings (SSSR count). The maximum absolute atomic E-state index is 12.0. The van der Waals surface area contributed by atoms with E-state index in [1.165, 1.54) is 0 Å². The lowest BCUT2D eigenvalue weighted by Crippen LogP contribution is -2.51. The van der Waals surface area contributed by atoms with Gasteiger partial charge in [0.25, 0.3) is 0 Å². The molecule has 0 radical (unpaired) electrons. The Hall–Kier alpha value is 0.0500. The van der Waals surface area contributed by atoms with E-state index in [9.17, 15) is 4.79 Å². The van der Waals surface area contributed by atoms with Crippen LogP contribution in [0.15, 0.2) is 0 Å². The average molecular weight is 252 g/mol. The van der Waals surface area contributed by atoms with Gasteiger partial charge in [0.15, 0.2) is 0 Å². The third kappa shape index (κ3) is 3.25. The van der Waals surface area contributed by atoms with Crippen LogP contribution in [-0.4, -0.2) is 23.2 Å². The zero-order chi connectivity index (χ0) is 11.5. The number of rotatable bonds is 4. The summed E-state index contributed by atoms with van der Waals surface area (Å²) < 4.78 is 0. The van der Waals surface area contributed by atoms with Crippen LogP contribution in [0.2, 0.25) is 0 Å². The minimum Gasteiger partial charge on any atom is -0.348 e. The summed E-state index contributed by atoms with van der Waals surface area (Å²) in [5.41, 5.74) is -0.470. The van der Waals surface area contributed by atoms with Gasteiger partial charge in [-0.15, -0.1) is 23.2 Å². The van der Waals surface area contributed by atoms with Crippen LogP contribution in [0.1, 0.15) is 33.1 Å². The number of carbonyl (C=O) groups excluding carboxylic acids is 1. The second kappa shape index (κ2) is 5.40. The predicted octanol–water partition coefficient (Wildman–Crippen LogP) is 2.78. The van der Waals surface area contributed by atoms with E-state index in [1.807, 2.05) is 6.92 Å². The highest BCUT2D eigenvalue weighted by Gasteiger charge is 2.33. The van der Waals surface area contributed by atoms with E-state index >= 15 is 0 Å². The first-order chi connectivity index (χ1) is 7.02. The maximum Gasteiger partial charge on any atom is 0.223 e. The van der Waals surface area contributed by atoms with Gasteiger partial charge in [0, 0.05) is 17.7 Å². The molecule has 2 atom stereocenters. The number of carbonyl (C=O) groups is 1. The Balaban J connectivity index is 2.54. The molecule has 0 bridgehead atoms. The van der Waals surface area contributed by atoms with Gasteiger partial charge in [-0.1, -0.05) is 13.3 Å². The second-order valence-corrected chi connectivity index (χ2v) is 5.37. The molecular weight excluding hydrogens is 233 g/mol. The highest BCUT2D eigenvalue weighted by atomic mass is 35.5. The number of alkyl halides is 2. The Bertz CT molecular complexity index is 229. The average Bonchev–Trinajstić information content (AvgIpc) is 2.64. The standard InChI is InChI=1S/C11H19Cl2NO/c1-8-4-3-5-9(8)10(15)14-11(2,6-12)7-13/h8-9H,3-7H2,1-2H3,(H,14,15). The highest BCUT2D eigenvalue weighted by molar-refractivity contribution is 6.22. The van der Waals surface area contributed by atoms with Crippen molar-refractivity contribution in [3.8, 4) is 0 Å². The van der Waals surface area contributed by atoms with Crippen LogP contribution in [0.4, 0.5) is 0 Å². The summed E-state index contributed by atoms with van der Waals surface area (Å²) in [6.07, 6.45) is 3.29.